The topological polar surface area (TPSA) is 19.7 Å². The highest BCUT2D eigenvalue weighted by molar-refractivity contribution is 5.32. The molecule has 0 saturated heterocycles. The van der Waals surface area contributed by atoms with Crippen LogP contribution in [0.4, 0.5) is 0 Å². The van der Waals surface area contributed by atoms with E-state index in [-0.39, 0.29) is 5.41 Å². The number of rotatable bonds is 22. The second kappa shape index (κ2) is 18.9. The number of aromatic amines is 1. The van der Waals surface area contributed by atoms with Crippen molar-refractivity contribution in [1.82, 2.24) is 4.98 Å². The molecule has 0 spiro atoms. The monoisotopic (exact) mass is 543 g/mol. The van der Waals surface area contributed by atoms with Crippen LogP contribution in [0.1, 0.15) is 146 Å². The van der Waals surface area contributed by atoms with Crippen LogP contribution in [-0.4, -0.2) is 4.98 Å². The van der Waals surface area contributed by atoms with Gasteiger partial charge in [0.2, 0.25) is 0 Å². The van der Waals surface area contributed by atoms with Crippen LogP contribution in [0.25, 0.3) is 0 Å². The fraction of sp³-hybridized carbons (Fsp3) is 0.605. The molecule has 0 radical (unpaired) electrons. The molecule has 0 aliphatic heterocycles. The number of hydrogen-bond donors (Lipinski definition) is 1. The standard InChI is InChI=1S/C38H58N2/c1-4-5-6-7-8-9-10-11-12-13-14-15-16-17-18-25-30-36(37-39-31-32-40(37)3)38(2,35-28-23-20-24-29-35)33-34-26-21-19-22-27-34/h19-24,26-29,31-32,36H,4-18,25,30,33H2,1-3H3/p+1. The summed E-state index contributed by atoms with van der Waals surface area (Å²) in [6, 6.07) is 22.3. The molecule has 2 aromatic carbocycles. The zero-order valence-corrected chi connectivity index (χ0v) is 26.2. The maximum absolute atomic E-state index is 3.63. The third kappa shape index (κ3) is 10.9. The third-order valence-electron chi connectivity index (χ3n) is 9.20. The van der Waals surface area contributed by atoms with Gasteiger partial charge in [0, 0.05) is 5.41 Å². The molecule has 3 rings (SSSR count). The largest absolute Gasteiger partial charge is 0.258 e. The maximum atomic E-state index is 3.63. The SMILES string of the molecule is CCCCCCCCCCCCCCCCCCC(c1[nH]cc[n+]1C)C(C)(Cc1ccccc1)c1ccccc1. The summed E-state index contributed by atoms with van der Waals surface area (Å²) < 4.78 is 2.31. The Morgan fingerprint density at radius 1 is 0.650 bits per heavy atom. The van der Waals surface area contributed by atoms with Gasteiger partial charge < -0.3 is 0 Å². The van der Waals surface area contributed by atoms with Crippen LogP contribution in [0.5, 0.6) is 0 Å². The third-order valence-corrected chi connectivity index (χ3v) is 9.20. The molecule has 0 amide bonds. The minimum absolute atomic E-state index is 0.0146. The van der Waals surface area contributed by atoms with Crippen molar-refractivity contribution >= 4 is 0 Å². The molecule has 220 valence electrons. The van der Waals surface area contributed by atoms with E-state index in [4.69, 9.17) is 0 Å². The van der Waals surface area contributed by atoms with Crippen molar-refractivity contribution in [1.29, 1.82) is 0 Å². The van der Waals surface area contributed by atoms with Gasteiger partial charge in [-0.2, -0.15) is 0 Å². The summed E-state index contributed by atoms with van der Waals surface area (Å²) in [7, 11) is 2.19. The van der Waals surface area contributed by atoms with Gasteiger partial charge in [-0.15, -0.1) is 0 Å². The molecular weight excluding hydrogens is 484 g/mol. The summed E-state index contributed by atoms with van der Waals surface area (Å²) in [6.45, 7) is 4.79. The molecule has 1 heterocycles. The molecule has 0 aliphatic rings. The molecule has 2 unspecified atom stereocenters. The van der Waals surface area contributed by atoms with Crippen LogP contribution >= 0.6 is 0 Å². The molecule has 0 aliphatic carbocycles. The summed E-state index contributed by atoms with van der Waals surface area (Å²) in [4.78, 5) is 3.63. The van der Waals surface area contributed by atoms with E-state index in [1.807, 2.05) is 0 Å². The van der Waals surface area contributed by atoms with Gasteiger partial charge in [0.1, 0.15) is 12.4 Å². The predicted molar refractivity (Wildman–Crippen MR) is 173 cm³/mol. The average molecular weight is 544 g/mol. The lowest BCUT2D eigenvalue weighted by Crippen LogP contribution is -2.41. The highest BCUT2D eigenvalue weighted by atomic mass is 15.0. The summed E-state index contributed by atoms with van der Waals surface area (Å²) in [5.74, 6) is 1.78. The first-order chi connectivity index (χ1) is 19.6. The Labute approximate surface area is 247 Å². The minimum atomic E-state index is 0.0146. The van der Waals surface area contributed by atoms with Crippen LogP contribution in [-0.2, 0) is 18.9 Å². The lowest BCUT2D eigenvalue weighted by atomic mass is 9.66. The van der Waals surface area contributed by atoms with E-state index in [0.29, 0.717) is 5.92 Å². The maximum Gasteiger partial charge on any atom is 0.258 e. The zero-order chi connectivity index (χ0) is 28.3. The van der Waals surface area contributed by atoms with Crippen molar-refractivity contribution in [3.8, 4) is 0 Å². The van der Waals surface area contributed by atoms with Crippen molar-refractivity contribution in [3.63, 3.8) is 0 Å². The van der Waals surface area contributed by atoms with Crippen molar-refractivity contribution < 1.29 is 4.57 Å². The number of nitrogens with one attached hydrogen (secondary N) is 1. The molecule has 2 heteroatoms. The van der Waals surface area contributed by atoms with Gasteiger partial charge in [0.05, 0.1) is 13.0 Å². The first-order valence-corrected chi connectivity index (χ1v) is 16.8. The molecule has 0 fully saturated rings. The van der Waals surface area contributed by atoms with Crippen LogP contribution in [0.2, 0.25) is 0 Å². The van der Waals surface area contributed by atoms with E-state index in [1.54, 1.807) is 0 Å². The number of aromatic nitrogens is 2. The highest BCUT2D eigenvalue weighted by Crippen LogP contribution is 2.43. The quantitative estimate of drug-likeness (QED) is 0.0960. The van der Waals surface area contributed by atoms with Crippen molar-refractivity contribution in [3.05, 3.63) is 90.0 Å². The minimum Gasteiger partial charge on any atom is -0.247 e. The molecule has 0 saturated carbocycles. The zero-order valence-electron chi connectivity index (χ0n) is 26.2. The van der Waals surface area contributed by atoms with E-state index in [9.17, 15) is 0 Å². The molecule has 2 atom stereocenters. The van der Waals surface area contributed by atoms with Gasteiger partial charge in [-0.25, -0.2) is 9.55 Å². The van der Waals surface area contributed by atoms with Crippen LogP contribution in [0, 0.1) is 0 Å². The Morgan fingerprint density at radius 3 is 1.60 bits per heavy atom. The van der Waals surface area contributed by atoms with Gasteiger partial charge in [0.25, 0.3) is 5.82 Å². The Balaban J connectivity index is 1.44. The van der Waals surface area contributed by atoms with Crippen LogP contribution in [0.15, 0.2) is 73.1 Å². The molecule has 2 nitrogen and oxygen atoms in total. The number of aryl methyl sites for hydroxylation is 1. The number of H-pyrrole nitrogens is 1. The Hall–Kier alpha value is -2.35. The van der Waals surface area contributed by atoms with Crippen molar-refractivity contribution in [2.45, 2.75) is 141 Å². The lowest BCUT2D eigenvalue weighted by Gasteiger charge is -2.37. The molecule has 1 N–H and O–H groups in total. The number of nitrogens with zero attached hydrogens (tertiary/aromatic N) is 1. The Morgan fingerprint density at radius 2 is 1.12 bits per heavy atom. The summed E-state index contributed by atoms with van der Waals surface area (Å²) >= 11 is 0. The smallest absolute Gasteiger partial charge is 0.247 e. The van der Waals surface area contributed by atoms with Crippen LogP contribution in [0.3, 0.4) is 0 Å². The van der Waals surface area contributed by atoms with E-state index >= 15 is 0 Å². The summed E-state index contributed by atoms with van der Waals surface area (Å²) in [5, 5.41) is 0. The van der Waals surface area contributed by atoms with Gasteiger partial charge >= 0.3 is 0 Å². The number of imidazole rings is 1. The number of unbranched alkanes of at least 4 members (excludes halogenated alkanes) is 15. The first kappa shape index (κ1) is 32.2. The molecule has 40 heavy (non-hydrogen) atoms. The van der Waals surface area contributed by atoms with Gasteiger partial charge in [0.15, 0.2) is 0 Å². The summed E-state index contributed by atoms with van der Waals surface area (Å²) in [6.07, 6.45) is 29.2. The Bertz CT molecular complexity index is 1010. The highest BCUT2D eigenvalue weighted by Gasteiger charge is 2.41. The van der Waals surface area contributed by atoms with Gasteiger partial charge in [-0.3, -0.25) is 0 Å². The van der Waals surface area contributed by atoms with Crippen molar-refractivity contribution in [2.75, 3.05) is 0 Å². The Kier molecular flexibility index (Phi) is 15.2. The first-order valence-electron chi connectivity index (χ1n) is 16.8. The van der Waals surface area contributed by atoms with Crippen molar-refractivity contribution in [2.24, 2.45) is 7.05 Å². The lowest BCUT2D eigenvalue weighted by molar-refractivity contribution is -0.679. The number of benzene rings is 2. The van der Waals surface area contributed by atoms with E-state index in [0.717, 1.165) is 6.42 Å². The molecular formula is C38H59N2+. The molecule has 3 aromatic rings. The van der Waals surface area contributed by atoms with Crippen LogP contribution < -0.4 is 4.57 Å². The summed E-state index contributed by atoms with van der Waals surface area (Å²) in [5.41, 5.74) is 2.87. The van der Waals surface area contributed by atoms with E-state index in [2.05, 4.69) is 104 Å². The molecule has 0 bridgehead atoms. The normalized spacial score (nSPS) is 13.8. The van der Waals surface area contributed by atoms with E-state index < -0.39 is 0 Å². The molecule has 1 aromatic heterocycles. The van der Waals surface area contributed by atoms with E-state index in [1.165, 1.54) is 126 Å². The van der Waals surface area contributed by atoms with Gasteiger partial charge in [-0.05, 0) is 24.0 Å². The fourth-order valence-corrected chi connectivity index (χ4v) is 6.68. The average Bonchev–Trinajstić information content (AvgIpc) is 3.40. The number of hydrogen-bond acceptors (Lipinski definition) is 0. The fourth-order valence-electron chi connectivity index (χ4n) is 6.68. The second-order valence-corrected chi connectivity index (χ2v) is 12.5. The predicted octanol–water partition coefficient (Wildman–Crippen LogP) is 10.8. The van der Waals surface area contributed by atoms with Gasteiger partial charge in [-0.1, -0.05) is 177 Å². The second-order valence-electron chi connectivity index (χ2n) is 12.5.